The van der Waals surface area contributed by atoms with E-state index in [1.165, 1.54) is 25.7 Å². The molecule has 1 N–H and O–H groups in total. The van der Waals surface area contributed by atoms with Crippen LogP contribution in [-0.4, -0.2) is 49.8 Å². The third-order valence-corrected chi connectivity index (χ3v) is 5.27. The van der Waals surface area contributed by atoms with E-state index in [-0.39, 0.29) is 6.04 Å². The molecule has 1 aliphatic carbocycles. The Bertz CT molecular complexity index is 471. The van der Waals surface area contributed by atoms with E-state index < -0.39 is 5.97 Å². The van der Waals surface area contributed by atoms with Gasteiger partial charge in [-0.05, 0) is 18.9 Å². The summed E-state index contributed by atoms with van der Waals surface area (Å²) in [5.74, 6) is 0.971. The van der Waals surface area contributed by atoms with Crippen molar-refractivity contribution in [1.82, 2.24) is 14.7 Å². The van der Waals surface area contributed by atoms with E-state index >= 15 is 0 Å². The molecule has 20 heavy (non-hydrogen) atoms. The molecular weight excluding hydrogens is 274 g/mol. The summed E-state index contributed by atoms with van der Waals surface area (Å²) in [4.78, 5) is 13.3. The molecular formula is C14H21N3O2S. The lowest BCUT2D eigenvalue weighted by molar-refractivity contribution is -0.142. The van der Waals surface area contributed by atoms with Crippen molar-refractivity contribution in [2.24, 2.45) is 0 Å². The van der Waals surface area contributed by atoms with E-state index in [0.717, 1.165) is 18.0 Å². The van der Waals surface area contributed by atoms with E-state index in [0.29, 0.717) is 18.3 Å². The van der Waals surface area contributed by atoms with Crippen LogP contribution in [-0.2, 0) is 11.3 Å². The van der Waals surface area contributed by atoms with E-state index in [9.17, 15) is 9.90 Å². The molecule has 2 fully saturated rings. The normalized spacial score (nSPS) is 25.1. The molecule has 1 aromatic heterocycles. The monoisotopic (exact) mass is 295 g/mol. The highest BCUT2D eigenvalue weighted by molar-refractivity contribution is 7.99. The van der Waals surface area contributed by atoms with Crippen molar-refractivity contribution in [1.29, 1.82) is 0 Å². The molecule has 1 aliphatic heterocycles. The first-order chi connectivity index (χ1) is 9.74. The number of carboxylic acid groups (broad SMARTS) is 1. The number of hydrogen-bond acceptors (Lipinski definition) is 4. The molecule has 1 unspecified atom stereocenters. The van der Waals surface area contributed by atoms with Gasteiger partial charge in [-0.3, -0.25) is 14.4 Å². The van der Waals surface area contributed by atoms with Crippen molar-refractivity contribution in [2.45, 2.75) is 44.3 Å². The Kier molecular flexibility index (Phi) is 4.31. The van der Waals surface area contributed by atoms with Crippen LogP contribution in [0.1, 0.15) is 37.4 Å². The fourth-order valence-corrected chi connectivity index (χ4v) is 4.20. The maximum atomic E-state index is 11.3. The minimum atomic E-state index is -0.715. The highest BCUT2D eigenvalue weighted by Gasteiger charge is 2.29. The molecule has 1 atom stereocenters. The Balaban J connectivity index is 1.65. The zero-order valence-electron chi connectivity index (χ0n) is 11.6. The Hall–Kier alpha value is -1.01. The molecule has 0 bridgehead atoms. The van der Waals surface area contributed by atoms with Gasteiger partial charge in [0.1, 0.15) is 6.04 Å². The smallest absolute Gasteiger partial charge is 0.321 e. The molecule has 6 heteroatoms. The van der Waals surface area contributed by atoms with Gasteiger partial charge in [0.25, 0.3) is 0 Å². The second kappa shape index (κ2) is 6.18. The lowest BCUT2D eigenvalue weighted by Gasteiger charge is -2.31. The van der Waals surface area contributed by atoms with Crippen LogP contribution in [0.25, 0.3) is 0 Å². The highest BCUT2D eigenvalue weighted by atomic mass is 32.2. The molecule has 0 aromatic carbocycles. The molecule has 0 spiro atoms. The molecule has 1 aromatic rings. The van der Waals surface area contributed by atoms with E-state index in [2.05, 4.69) is 16.0 Å². The minimum absolute atomic E-state index is 0.370. The topological polar surface area (TPSA) is 58.4 Å². The molecule has 3 rings (SSSR count). The second-order valence-corrected chi connectivity index (χ2v) is 6.77. The van der Waals surface area contributed by atoms with E-state index in [4.69, 9.17) is 0 Å². The van der Waals surface area contributed by atoms with Crippen LogP contribution in [0.5, 0.6) is 0 Å². The number of hydrogen-bond donors (Lipinski definition) is 1. The van der Waals surface area contributed by atoms with Gasteiger partial charge in [-0.2, -0.15) is 16.9 Å². The molecule has 2 heterocycles. The number of carboxylic acids is 1. The van der Waals surface area contributed by atoms with Crippen molar-refractivity contribution in [3.8, 4) is 0 Å². The largest absolute Gasteiger partial charge is 0.480 e. The minimum Gasteiger partial charge on any atom is -0.480 e. The lowest BCUT2D eigenvalue weighted by atomic mass is 10.2. The highest BCUT2D eigenvalue weighted by Crippen LogP contribution is 2.29. The van der Waals surface area contributed by atoms with Crippen molar-refractivity contribution in [2.75, 3.05) is 18.1 Å². The zero-order valence-corrected chi connectivity index (χ0v) is 12.4. The summed E-state index contributed by atoms with van der Waals surface area (Å²) in [5, 5.41) is 13.9. The maximum absolute atomic E-state index is 11.3. The summed E-state index contributed by atoms with van der Waals surface area (Å²) >= 11 is 1.72. The van der Waals surface area contributed by atoms with Crippen LogP contribution in [0.15, 0.2) is 12.3 Å². The summed E-state index contributed by atoms with van der Waals surface area (Å²) in [6.07, 6.45) is 7.09. The average Bonchev–Trinajstić information content (AvgIpc) is 3.09. The molecule has 1 saturated heterocycles. The third kappa shape index (κ3) is 3.01. The van der Waals surface area contributed by atoms with Gasteiger partial charge < -0.3 is 5.11 Å². The summed E-state index contributed by atoms with van der Waals surface area (Å²) in [7, 11) is 0. The third-order valence-electron chi connectivity index (χ3n) is 4.25. The van der Waals surface area contributed by atoms with E-state index in [1.807, 2.05) is 11.0 Å². The van der Waals surface area contributed by atoms with Gasteiger partial charge in [-0.25, -0.2) is 0 Å². The molecule has 0 radical (unpaired) electrons. The number of aliphatic carboxylic acids is 1. The first-order valence-electron chi connectivity index (χ1n) is 7.32. The first-order valence-corrected chi connectivity index (χ1v) is 8.48. The molecule has 110 valence electrons. The fraction of sp³-hybridized carbons (Fsp3) is 0.714. The van der Waals surface area contributed by atoms with Gasteiger partial charge in [0, 0.05) is 30.8 Å². The lowest BCUT2D eigenvalue weighted by Crippen LogP contribution is -2.46. The van der Waals surface area contributed by atoms with Crippen LogP contribution in [0.3, 0.4) is 0 Å². The summed E-state index contributed by atoms with van der Waals surface area (Å²) in [6, 6.07) is 2.22. The van der Waals surface area contributed by atoms with Crippen LogP contribution in [0.2, 0.25) is 0 Å². The molecule has 5 nitrogen and oxygen atoms in total. The number of aromatic nitrogens is 2. The number of nitrogens with zero attached hydrogens (tertiary/aromatic N) is 3. The zero-order chi connectivity index (χ0) is 13.9. The van der Waals surface area contributed by atoms with E-state index in [1.54, 1.807) is 11.8 Å². The van der Waals surface area contributed by atoms with Gasteiger partial charge >= 0.3 is 5.97 Å². The van der Waals surface area contributed by atoms with Gasteiger partial charge in [0.15, 0.2) is 0 Å². The van der Waals surface area contributed by atoms with Crippen molar-refractivity contribution in [3.05, 3.63) is 18.0 Å². The van der Waals surface area contributed by atoms with Crippen LogP contribution < -0.4 is 0 Å². The fourth-order valence-electron chi connectivity index (χ4n) is 3.10. The van der Waals surface area contributed by atoms with Crippen molar-refractivity contribution < 1.29 is 9.90 Å². The maximum Gasteiger partial charge on any atom is 0.321 e. The Morgan fingerprint density at radius 1 is 1.45 bits per heavy atom. The average molecular weight is 295 g/mol. The summed E-state index contributed by atoms with van der Waals surface area (Å²) < 4.78 is 2.08. The second-order valence-electron chi connectivity index (χ2n) is 5.62. The predicted molar refractivity (Wildman–Crippen MR) is 78.9 cm³/mol. The molecule has 1 saturated carbocycles. The van der Waals surface area contributed by atoms with Crippen molar-refractivity contribution >= 4 is 17.7 Å². The van der Waals surface area contributed by atoms with Crippen molar-refractivity contribution in [3.63, 3.8) is 0 Å². The summed E-state index contributed by atoms with van der Waals surface area (Å²) in [6.45, 7) is 1.48. The number of thioether (sulfide) groups is 1. The van der Waals surface area contributed by atoms with Gasteiger partial charge in [-0.1, -0.05) is 12.8 Å². The van der Waals surface area contributed by atoms with Crippen LogP contribution in [0, 0.1) is 0 Å². The standard InChI is InChI=1S/C14H21N3O2S/c18-14(19)13-10-20-8-7-16(13)9-11-5-6-17(15-11)12-3-1-2-4-12/h5-6,12-13H,1-4,7-10H2,(H,18,19). The first kappa shape index (κ1) is 13.9. The van der Waals surface area contributed by atoms with Gasteiger partial charge in [0.05, 0.1) is 11.7 Å². The quantitative estimate of drug-likeness (QED) is 0.920. The Morgan fingerprint density at radius 2 is 2.25 bits per heavy atom. The Morgan fingerprint density at radius 3 is 3.00 bits per heavy atom. The van der Waals surface area contributed by atoms with Crippen LogP contribution in [0.4, 0.5) is 0 Å². The van der Waals surface area contributed by atoms with Gasteiger partial charge in [0.2, 0.25) is 0 Å². The summed E-state index contributed by atoms with van der Waals surface area (Å²) in [5.41, 5.74) is 0.995. The predicted octanol–water partition coefficient (Wildman–Crippen LogP) is 2.00. The molecule has 2 aliphatic rings. The SMILES string of the molecule is O=C(O)C1CSCCN1Cc1ccn(C2CCCC2)n1. The molecule has 0 amide bonds. The number of rotatable bonds is 4. The van der Waals surface area contributed by atoms with Gasteiger partial charge in [-0.15, -0.1) is 0 Å². The van der Waals surface area contributed by atoms with Crippen LogP contribution >= 0.6 is 11.8 Å². The Labute approximate surface area is 123 Å². The number of carbonyl (C=O) groups is 1.